The van der Waals surface area contributed by atoms with Crippen LogP contribution in [-0.4, -0.2) is 17.6 Å². The Bertz CT molecular complexity index is 798. The van der Waals surface area contributed by atoms with Crippen LogP contribution in [0, 0.1) is 12.8 Å². The maximum atomic E-state index is 6.11. The highest BCUT2D eigenvalue weighted by atomic mass is 16.5. The lowest BCUT2D eigenvalue weighted by Gasteiger charge is -2.56. The van der Waals surface area contributed by atoms with Crippen LogP contribution in [0.1, 0.15) is 48.9 Å². The van der Waals surface area contributed by atoms with Crippen molar-refractivity contribution in [2.24, 2.45) is 5.92 Å². The molecule has 5 rings (SSSR count). The summed E-state index contributed by atoms with van der Waals surface area (Å²) in [5.74, 6) is 2.43. The number of aromatic nitrogens is 1. The fourth-order valence-electron chi connectivity index (χ4n) is 5.66. The smallest absolute Gasteiger partial charge is 0.219 e. The molecule has 3 nitrogen and oxygen atoms in total. The third-order valence-electron chi connectivity index (χ3n) is 6.70. The van der Waals surface area contributed by atoms with Crippen LogP contribution in [0.3, 0.4) is 0 Å². The van der Waals surface area contributed by atoms with E-state index in [-0.39, 0.29) is 0 Å². The number of pyridine rings is 1. The summed E-state index contributed by atoms with van der Waals surface area (Å²) in [6.45, 7) is 3.16. The van der Waals surface area contributed by atoms with Gasteiger partial charge in [-0.15, -0.1) is 0 Å². The summed E-state index contributed by atoms with van der Waals surface area (Å²) < 4.78 is 6.11. The molecule has 2 heterocycles. The van der Waals surface area contributed by atoms with Gasteiger partial charge in [0.2, 0.25) is 5.88 Å². The second kappa shape index (κ2) is 5.84. The normalized spacial score (nSPS) is 30.3. The number of fused-ring (bicyclic) bond motifs is 1. The van der Waals surface area contributed by atoms with Crippen molar-refractivity contribution in [1.29, 1.82) is 0 Å². The topological polar surface area (TPSA) is 34.1 Å². The van der Waals surface area contributed by atoms with E-state index in [9.17, 15) is 0 Å². The molecule has 1 aliphatic heterocycles. The molecule has 2 aliphatic carbocycles. The first-order valence-corrected chi connectivity index (χ1v) is 9.73. The Kier molecular flexibility index (Phi) is 3.60. The monoisotopic (exact) mass is 334 g/mol. The molecule has 1 aromatic carbocycles. The van der Waals surface area contributed by atoms with E-state index in [1.807, 2.05) is 25.1 Å². The van der Waals surface area contributed by atoms with Crippen LogP contribution < -0.4 is 10.1 Å². The van der Waals surface area contributed by atoms with Gasteiger partial charge in [0.15, 0.2) is 0 Å². The summed E-state index contributed by atoms with van der Waals surface area (Å²) in [5, 5.41) is 3.80. The van der Waals surface area contributed by atoms with Gasteiger partial charge in [-0.3, -0.25) is 0 Å². The molecule has 130 valence electrons. The van der Waals surface area contributed by atoms with Gasteiger partial charge in [-0.25, -0.2) is 4.98 Å². The minimum atomic E-state index is 0.376. The van der Waals surface area contributed by atoms with Crippen LogP contribution in [0.25, 0.3) is 0 Å². The zero-order valence-corrected chi connectivity index (χ0v) is 14.9. The number of hydrogen-bond donors (Lipinski definition) is 1. The van der Waals surface area contributed by atoms with E-state index < -0.39 is 0 Å². The van der Waals surface area contributed by atoms with Gasteiger partial charge in [-0.2, -0.15) is 0 Å². The SMILES string of the molecule is Cc1cccc(Oc2ccc3c(c2)[C@]24CCCC[C@@H]2[C@H](C3)NCC4)n1. The number of aryl methyl sites for hydroxylation is 1. The molecule has 1 saturated carbocycles. The third-order valence-corrected chi connectivity index (χ3v) is 6.70. The van der Waals surface area contributed by atoms with Crippen molar-refractivity contribution >= 4 is 0 Å². The van der Waals surface area contributed by atoms with Gasteiger partial charge in [0.05, 0.1) is 0 Å². The zero-order chi connectivity index (χ0) is 16.9. The summed E-state index contributed by atoms with van der Waals surface area (Å²) in [6, 6.07) is 13.4. The maximum Gasteiger partial charge on any atom is 0.219 e. The molecule has 0 amide bonds. The van der Waals surface area contributed by atoms with Crippen LogP contribution in [0.2, 0.25) is 0 Å². The van der Waals surface area contributed by atoms with Gasteiger partial charge in [0.25, 0.3) is 0 Å². The average Bonchev–Trinajstić information content (AvgIpc) is 2.62. The van der Waals surface area contributed by atoms with Crippen molar-refractivity contribution in [1.82, 2.24) is 10.3 Å². The summed E-state index contributed by atoms with van der Waals surface area (Å²) in [5.41, 5.74) is 4.46. The first-order chi connectivity index (χ1) is 12.2. The lowest BCUT2D eigenvalue weighted by Crippen LogP contribution is -2.59. The van der Waals surface area contributed by atoms with Crippen LogP contribution in [0.5, 0.6) is 11.6 Å². The largest absolute Gasteiger partial charge is 0.439 e. The van der Waals surface area contributed by atoms with Gasteiger partial charge in [0, 0.05) is 23.2 Å². The lowest BCUT2D eigenvalue weighted by molar-refractivity contribution is 0.0796. The van der Waals surface area contributed by atoms with Crippen LogP contribution >= 0.6 is 0 Å². The molecule has 3 aliphatic rings. The Hall–Kier alpha value is -1.87. The van der Waals surface area contributed by atoms with Crippen molar-refractivity contribution in [3.8, 4) is 11.6 Å². The minimum Gasteiger partial charge on any atom is -0.439 e. The van der Waals surface area contributed by atoms with Crippen LogP contribution in [0.4, 0.5) is 0 Å². The van der Waals surface area contributed by atoms with Crippen molar-refractivity contribution in [3.05, 3.63) is 53.2 Å². The molecule has 1 N–H and O–H groups in total. The van der Waals surface area contributed by atoms with Crippen molar-refractivity contribution in [3.63, 3.8) is 0 Å². The molecule has 2 bridgehead atoms. The lowest BCUT2D eigenvalue weighted by atomic mass is 9.53. The Labute approximate surface area is 149 Å². The van der Waals surface area contributed by atoms with E-state index >= 15 is 0 Å². The number of nitrogens with zero attached hydrogens (tertiary/aromatic N) is 1. The van der Waals surface area contributed by atoms with Gasteiger partial charge in [-0.1, -0.05) is 25.0 Å². The Morgan fingerprint density at radius 3 is 3.04 bits per heavy atom. The molecule has 0 unspecified atom stereocenters. The van der Waals surface area contributed by atoms with E-state index in [1.54, 1.807) is 5.56 Å². The Morgan fingerprint density at radius 2 is 2.12 bits per heavy atom. The minimum absolute atomic E-state index is 0.376. The van der Waals surface area contributed by atoms with E-state index in [2.05, 4.69) is 28.5 Å². The fraction of sp³-hybridized carbons (Fsp3) is 0.500. The summed E-state index contributed by atoms with van der Waals surface area (Å²) in [6.07, 6.45) is 7.92. The van der Waals surface area contributed by atoms with Gasteiger partial charge in [-0.05, 0) is 74.4 Å². The van der Waals surface area contributed by atoms with Gasteiger partial charge in [0.1, 0.15) is 5.75 Å². The van der Waals surface area contributed by atoms with E-state index in [0.717, 1.165) is 23.9 Å². The molecule has 0 spiro atoms. The van der Waals surface area contributed by atoms with E-state index in [1.165, 1.54) is 44.1 Å². The Balaban J connectivity index is 1.54. The molecule has 25 heavy (non-hydrogen) atoms. The first-order valence-electron chi connectivity index (χ1n) is 9.73. The fourth-order valence-corrected chi connectivity index (χ4v) is 5.66. The summed E-state index contributed by atoms with van der Waals surface area (Å²) >= 11 is 0. The average molecular weight is 334 g/mol. The number of rotatable bonds is 2. The highest BCUT2D eigenvalue weighted by Gasteiger charge is 2.51. The Morgan fingerprint density at radius 1 is 1.16 bits per heavy atom. The molecular formula is C22H26N2O. The molecule has 0 radical (unpaired) electrons. The van der Waals surface area contributed by atoms with Crippen LogP contribution in [0.15, 0.2) is 36.4 Å². The van der Waals surface area contributed by atoms with E-state index in [4.69, 9.17) is 4.74 Å². The molecule has 3 atom stereocenters. The highest BCUT2D eigenvalue weighted by molar-refractivity contribution is 5.46. The van der Waals surface area contributed by atoms with Crippen LogP contribution in [-0.2, 0) is 11.8 Å². The maximum absolute atomic E-state index is 6.11. The number of nitrogens with one attached hydrogen (secondary N) is 1. The van der Waals surface area contributed by atoms with Crippen molar-refractivity contribution < 1.29 is 4.74 Å². The molecule has 1 saturated heterocycles. The summed E-state index contributed by atoms with van der Waals surface area (Å²) in [4.78, 5) is 4.49. The quantitative estimate of drug-likeness (QED) is 0.876. The van der Waals surface area contributed by atoms with Crippen molar-refractivity contribution in [2.45, 2.75) is 56.9 Å². The van der Waals surface area contributed by atoms with Gasteiger partial charge < -0.3 is 10.1 Å². The second-order valence-electron chi connectivity index (χ2n) is 8.06. The molecule has 3 heteroatoms. The molecular weight excluding hydrogens is 308 g/mol. The number of hydrogen-bond acceptors (Lipinski definition) is 3. The highest BCUT2D eigenvalue weighted by Crippen LogP contribution is 2.54. The van der Waals surface area contributed by atoms with E-state index in [0.29, 0.717) is 17.3 Å². The second-order valence-corrected chi connectivity index (χ2v) is 8.06. The zero-order valence-electron chi connectivity index (χ0n) is 14.9. The van der Waals surface area contributed by atoms with Gasteiger partial charge >= 0.3 is 0 Å². The number of piperidine rings is 1. The standard InChI is InChI=1S/C22H26N2O/c1-15-5-4-7-21(24-15)25-17-9-8-16-13-20-18-6-2-3-10-22(18,11-12-23-20)19(16)14-17/h4-5,7-9,14,18,20,23H,2-3,6,10-13H2,1H3/t18-,20+,22+/m1/s1. The molecule has 2 fully saturated rings. The predicted molar refractivity (Wildman–Crippen MR) is 99.2 cm³/mol. The predicted octanol–water partition coefficient (Wildman–Crippen LogP) is 4.53. The number of ether oxygens (including phenoxy) is 1. The first kappa shape index (κ1) is 15.4. The molecule has 2 aromatic rings. The number of benzene rings is 1. The van der Waals surface area contributed by atoms with Crippen molar-refractivity contribution in [2.75, 3.05) is 6.54 Å². The molecule has 1 aromatic heterocycles. The third kappa shape index (κ3) is 2.48. The summed E-state index contributed by atoms with van der Waals surface area (Å²) in [7, 11) is 0.